The molecule has 1 aromatic heterocycles. The van der Waals surface area contributed by atoms with E-state index >= 15 is 0 Å². The van der Waals surface area contributed by atoms with Gasteiger partial charge in [0.05, 0.1) is 18.2 Å². The minimum absolute atomic E-state index is 0.0359. The van der Waals surface area contributed by atoms with Crippen molar-refractivity contribution < 1.29 is 24.2 Å². The number of anilines is 1. The van der Waals surface area contributed by atoms with E-state index in [0.717, 1.165) is 0 Å². The summed E-state index contributed by atoms with van der Waals surface area (Å²) in [6.07, 6.45) is 1.62. The Kier molecular flexibility index (Phi) is 6.74. The van der Waals surface area contributed by atoms with Gasteiger partial charge in [0.2, 0.25) is 5.13 Å². The van der Waals surface area contributed by atoms with Crippen LogP contribution < -0.4 is 14.4 Å². The lowest BCUT2D eigenvalue weighted by Gasteiger charge is -2.23. The maximum Gasteiger partial charge on any atom is 0.301 e. The average molecular weight is 478 g/mol. The van der Waals surface area contributed by atoms with E-state index in [0.29, 0.717) is 34.2 Å². The molecule has 3 aromatic rings. The van der Waals surface area contributed by atoms with Crippen LogP contribution in [0.1, 0.15) is 29.1 Å². The fourth-order valence-corrected chi connectivity index (χ4v) is 4.43. The molecule has 1 fully saturated rings. The highest BCUT2D eigenvalue weighted by atomic mass is 32.1. The number of amides is 1. The maximum atomic E-state index is 13.2. The van der Waals surface area contributed by atoms with Crippen molar-refractivity contribution in [3.63, 3.8) is 0 Å². The number of ether oxygens (including phenoxy) is 2. The number of aromatic nitrogens is 2. The van der Waals surface area contributed by atoms with Gasteiger partial charge in [-0.2, -0.15) is 0 Å². The number of Topliss-reactive ketones (excluding diaryl/α,β-unsaturated/α-hetero) is 1. The van der Waals surface area contributed by atoms with Crippen molar-refractivity contribution in [1.82, 2.24) is 10.2 Å². The number of carbonyl (C=O) groups excluding carboxylic acids is 2. The summed E-state index contributed by atoms with van der Waals surface area (Å²) in [7, 11) is 0. The van der Waals surface area contributed by atoms with Crippen LogP contribution in [0.5, 0.6) is 11.5 Å². The summed E-state index contributed by atoms with van der Waals surface area (Å²) >= 11 is 1.19. The number of aliphatic hydroxyl groups is 1. The second kappa shape index (κ2) is 9.88. The predicted octanol–water partition coefficient (Wildman–Crippen LogP) is 4.44. The number of hydrogen-bond acceptors (Lipinski definition) is 8. The van der Waals surface area contributed by atoms with Gasteiger partial charge in [0.1, 0.15) is 17.4 Å². The van der Waals surface area contributed by atoms with Gasteiger partial charge in [-0.3, -0.25) is 14.5 Å². The zero-order valence-corrected chi connectivity index (χ0v) is 19.5. The molecule has 8 nitrogen and oxygen atoms in total. The van der Waals surface area contributed by atoms with Crippen molar-refractivity contribution in [2.75, 3.05) is 18.1 Å². The molecule has 2 heterocycles. The van der Waals surface area contributed by atoms with E-state index in [1.165, 1.54) is 16.2 Å². The monoisotopic (exact) mass is 477 g/mol. The molecule has 1 N–H and O–H groups in total. The molecule has 1 amide bonds. The van der Waals surface area contributed by atoms with Crippen molar-refractivity contribution >= 4 is 33.9 Å². The number of benzene rings is 2. The summed E-state index contributed by atoms with van der Waals surface area (Å²) in [5.41, 5.74) is 0.945. The standard InChI is InChI=1S/C25H23N3O5S/c1-4-13-33-18-12-11-17(14-19(18)32-5-2)21-20(22(29)16-9-7-6-8-10-16)23(30)24(31)28(21)25-27-26-15(3)34-25/h4,6-12,14,21,29H,1,5,13H2,2-3H3/b22-20+. The lowest BCUT2D eigenvalue weighted by Crippen LogP contribution is -2.29. The first-order valence-electron chi connectivity index (χ1n) is 10.6. The third-order valence-electron chi connectivity index (χ3n) is 5.15. The molecule has 9 heteroatoms. The smallest absolute Gasteiger partial charge is 0.301 e. The molecule has 0 spiro atoms. The minimum atomic E-state index is -0.930. The molecule has 34 heavy (non-hydrogen) atoms. The number of hydrogen-bond donors (Lipinski definition) is 1. The van der Waals surface area contributed by atoms with Gasteiger partial charge < -0.3 is 14.6 Å². The van der Waals surface area contributed by atoms with Gasteiger partial charge in [0.25, 0.3) is 5.78 Å². The van der Waals surface area contributed by atoms with E-state index in [9.17, 15) is 14.7 Å². The zero-order chi connectivity index (χ0) is 24.2. The summed E-state index contributed by atoms with van der Waals surface area (Å²) in [5, 5.41) is 20.1. The van der Waals surface area contributed by atoms with Gasteiger partial charge in [-0.05, 0) is 31.5 Å². The van der Waals surface area contributed by atoms with Crippen molar-refractivity contribution in [2.24, 2.45) is 0 Å². The van der Waals surface area contributed by atoms with Crippen LogP contribution in [0.15, 0.2) is 66.8 Å². The van der Waals surface area contributed by atoms with Crippen LogP contribution in [-0.2, 0) is 9.59 Å². The zero-order valence-electron chi connectivity index (χ0n) is 18.7. The minimum Gasteiger partial charge on any atom is -0.507 e. The van der Waals surface area contributed by atoms with Gasteiger partial charge in [0, 0.05) is 5.56 Å². The molecule has 0 saturated carbocycles. The molecule has 2 aromatic carbocycles. The van der Waals surface area contributed by atoms with Crippen LogP contribution in [0.25, 0.3) is 5.76 Å². The van der Waals surface area contributed by atoms with E-state index in [2.05, 4.69) is 16.8 Å². The molecule has 174 valence electrons. The fourth-order valence-electron chi connectivity index (χ4n) is 3.71. The van der Waals surface area contributed by atoms with Crippen molar-refractivity contribution in [1.29, 1.82) is 0 Å². The summed E-state index contributed by atoms with van der Waals surface area (Å²) < 4.78 is 11.4. The highest BCUT2D eigenvalue weighted by Crippen LogP contribution is 2.44. The number of ketones is 1. The third kappa shape index (κ3) is 4.29. The molecular formula is C25H23N3O5S. The molecule has 4 rings (SSSR count). The molecule has 0 aliphatic carbocycles. The Balaban J connectivity index is 1.91. The highest BCUT2D eigenvalue weighted by molar-refractivity contribution is 7.15. The Morgan fingerprint density at radius 1 is 1.15 bits per heavy atom. The number of carbonyl (C=O) groups is 2. The first-order chi connectivity index (χ1) is 16.5. The van der Waals surface area contributed by atoms with Gasteiger partial charge in [-0.1, -0.05) is 60.4 Å². The lowest BCUT2D eigenvalue weighted by molar-refractivity contribution is -0.132. The van der Waals surface area contributed by atoms with Crippen molar-refractivity contribution in [3.05, 3.63) is 82.9 Å². The molecular weight excluding hydrogens is 454 g/mol. The molecule has 1 atom stereocenters. The van der Waals surface area contributed by atoms with E-state index in [1.54, 1.807) is 61.5 Å². The van der Waals surface area contributed by atoms with Crippen molar-refractivity contribution in [2.45, 2.75) is 19.9 Å². The Morgan fingerprint density at radius 2 is 1.91 bits per heavy atom. The Morgan fingerprint density at radius 3 is 2.56 bits per heavy atom. The molecule has 0 bridgehead atoms. The summed E-state index contributed by atoms with van der Waals surface area (Å²) in [6, 6.07) is 12.8. The fraction of sp³-hybridized carbons (Fsp3) is 0.200. The largest absolute Gasteiger partial charge is 0.507 e. The van der Waals surface area contributed by atoms with Crippen LogP contribution in [0.3, 0.4) is 0 Å². The van der Waals surface area contributed by atoms with Crippen LogP contribution >= 0.6 is 11.3 Å². The topological polar surface area (TPSA) is 102 Å². The second-order valence-electron chi connectivity index (χ2n) is 7.38. The molecule has 0 radical (unpaired) electrons. The van der Waals surface area contributed by atoms with E-state index in [1.807, 2.05) is 6.92 Å². The molecule has 1 saturated heterocycles. The van der Waals surface area contributed by atoms with Crippen LogP contribution in [0, 0.1) is 6.92 Å². The van der Waals surface area contributed by atoms with E-state index in [4.69, 9.17) is 9.47 Å². The summed E-state index contributed by atoms with van der Waals surface area (Å²) in [4.78, 5) is 27.6. The van der Waals surface area contributed by atoms with Crippen LogP contribution in [0.2, 0.25) is 0 Å². The number of aryl methyl sites for hydroxylation is 1. The third-order valence-corrected chi connectivity index (χ3v) is 5.99. The molecule has 1 aliphatic rings. The van der Waals surface area contributed by atoms with Crippen molar-refractivity contribution in [3.8, 4) is 11.5 Å². The Labute approximate surface area is 200 Å². The first kappa shape index (κ1) is 23.2. The van der Waals surface area contributed by atoms with Crippen LogP contribution in [0.4, 0.5) is 5.13 Å². The summed E-state index contributed by atoms with van der Waals surface area (Å²) in [5.74, 6) is -0.914. The number of nitrogens with zero attached hydrogens (tertiary/aromatic N) is 3. The lowest BCUT2D eigenvalue weighted by atomic mass is 9.95. The average Bonchev–Trinajstić information content (AvgIpc) is 3.39. The number of aliphatic hydroxyl groups excluding tert-OH is 1. The summed E-state index contributed by atoms with van der Waals surface area (Å²) in [6.45, 7) is 7.93. The predicted molar refractivity (Wildman–Crippen MR) is 129 cm³/mol. The van der Waals surface area contributed by atoms with Crippen LogP contribution in [-0.4, -0.2) is 40.2 Å². The normalized spacial score (nSPS) is 17.1. The van der Waals surface area contributed by atoms with Gasteiger partial charge in [-0.15, -0.1) is 10.2 Å². The second-order valence-corrected chi connectivity index (χ2v) is 8.54. The SMILES string of the molecule is C=CCOc1ccc(C2/C(=C(\O)c3ccccc3)C(=O)C(=O)N2c2nnc(C)s2)cc1OCC. The molecule has 1 aliphatic heterocycles. The maximum absolute atomic E-state index is 13.2. The van der Waals surface area contributed by atoms with Gasteiger partial charge in [-0.25, -0.2) is 0 Å². The van der Waals surface area contributed by atoms with Gasteiger partial charge >= 0.3 is 5.91 Å². The first-order valence-corrected chi connectivity index (χ1v) is 11.4. The highest BCUT2D eigenvalue weighted by Gasteiger charge is 2.48. The van der Waals surface area contributed by atoms with E-state index < -0.39 is 17.7 Å². The molecule has 1 unspecified atom stereocenters. The quantitative estimate of drug-likeness (QED) is 0.222. The Bertz CT molecular complexity index is 1270. The number of rotatable bonds is 8. The Hall–Kier alpha value is -3.98. The van der Waals surface area contributed by atoms with E-state index in [-0.39, 0.29) is 23.1 Å². The van der Waals surface area contributed by atoms with Gasteiger partial charge in [0.15, 0.2) is 11.5 Å².